The number of hydrogen-bond acceptors (Lipinski definition) is 3. The van der Waals surface area contributed by atoms with Gasteiger partial charge in [-0.2, -0.15) is 0 Å². The highest BCUT2D eigenvalue weighted by molar-refractivity contribution is 6.52. The van der Waals surface area contributed by atoms with Crippen LogP contribution < -0.4 is 5.32 Å². The first-order chi connectivity index (χ1) is 14.3. The number of carbonyl (C=O) groups is 1. The first-order valence-electron chi connectivity index (χ1n) is 9.29. The lowest BCUT2D eigenvalue weighted by Crippen LogP contribution is -2.41. The fourth-order valence-electron chi connectivity index (χ4n) is 3.22. The molecule has 0 aliphatic rings. The molecule has 144 valence electrons. The van der Waals surface area contributed by atoms with Crippen LogP contribution in [0.4, 0.5) is 10.2 Å². The monoisotopic (exact) mass is 394 g/mol. The van der Waals surface area contributed by atoms with Crippen molar-refractivity contribution in [2.24, 2.45) is 7.05 Å². The summed E-state index contributed by atoms with van der Waals surface area (Å²) >= 11 is 0. The number of imidazole rings is 1. The fraction of sp³-hybridized carbons (Fsp3) is 0.136. The zero-order valence-corrected chi connectivity index (χ0v) is 16.6. The number of hydrogen-bond donors (Lipinski definition) is 1. The Morgan fingerprint density at radius 1 is 1.03 bits per heavy atom. The maximum absolute atomic E-state index is 13.2. The summed E-state index contributed by atoms with van der Waals surface area (Å²) in [6.07, 6.45) is 3.48. The van der Waals surface area contributed by atoms with Crippen LogP contribution in [-0.2, 0) is 17.1 Å². The molecule has 4 rings (SSSR count). The Labute approximate surface area is 176 Å². The van der Waals surface area contributed by atoms with E-state index < -0.39 is 16.9 Å². The van der Waals surface area contributed by atoms with Gasteiger partial charge in [-0.1, -0.05) is 24.3 Å². The molecule has 4 aromatic rings. The molecule has 0 saturated heterocycles. The van der Waals surface area contributed by atoms with Crippen LogP contribution in [0, 0.1) is 12.7 Å². The van der Waals surface area contributed by atoms with Gasteiger partial charge in [0.2, 0.25) is 5.91 Å². The summed E-state index contributed by atoms with van der Waals surface area (Å²) < 4.78 is 15.2. The minimum absolute atomic E-state index is 0.288. The molecule has 0 bridgehead atoms. The van der Waals surface area contributed by atoms with Crippen molar-refractivity contribution < 1.29 is 9.18 Å². The van der Waals surface area contributed by atoms with E-state index in [1.807, 2.05) is 42.9 Å². The second kappa shape index (κ2) is 7.44. The summed E-state index contributed by atoms with van der Waals surface area (Å²) in [5, 5.41) is 2.62. The Morgan fingerprint density at radius 3 is 2.43 bits per heavy atom. The van der Waals surface area contributed by atoms with E-state index in [9.17, 15) is 9.18 Å². The van der Waals surface area contributed by atoms with Crippen LogP contribution in [-0.4, -0.2) is 36.1 Å². The van der Waals surface area contributed by atoms with Gasteiger partial charge in [-0.15, -0.1) is 0 Å². The number of rotatable bonds is 4. The molecule has 1 amide bonds. The van der Waals surface area contributed by atoms with Gasteiger partial charge in [0, 0.05) is 24.2 Å². The van der Waals surface area contributed by atoms with Gasteiger partial charge in [0.1, 0.15) is 17.5 Å². The maximum atomic E-state index is 13.2. The molecular weight excluding hydrogens is 377 g/mol. The topological polar surface area (TPSA) is 59.8 Å². The van der Waals surface area contributed by atoms with Gasteiger partial charge < -0.3 is 9.88 Å². The van der Waals surface area contributed by atoms with E-state index in [0.717, 1.165) is 27.9 Å². The first-order valence-corrected chi connectivity index (χ1v) is 9.29. The Morgan fingerprint density at radius 2 is 1.77 bits per heavy atom. The van der Waals surface area contributed by atoms with Crippen LogP contribution in [0.2, 0.25) is 0 Å². The molecule has 2 aromatic carbocycles. The lowest BCUT2D eigenvalue weighted by molar-refractivity contribution is -0.117. The Balaban J connectivity index is 1.63. The fourth-order valence-corrected chi connectivity index (χ4v) is 3.22. The van der Waals surface area contributed by atoms with Crippen molar-refractivity contribution in [1.82, 2.24) is 14.5 Å². The van der Waals surface area contributed by atoms with Gasteiger partial charge in [-0.05, 0) is 47.4 Å². The van der Waals surface area contributed by atoms with Crippen LogP contribution >= 0.6 is 0 Å². The maximum Gasteiger partial charge on any atom is 0.218 e. The van der Waals surface area contributed by atoms with Crippen LogP contribution in [0.3, 0.4) is 0 Å². The number of aromatic nitrogens is 3. The van der Waals surface area contributed by atoms with Crippen molar-refractivity contribution in [3.05, 3.63) is 78.1 Å². The third kappa shape index (κ3) is 3.61. The molecular formula is C22H17B2FN4O. The van der Waals surface area contributed by atoms with E-state index in [1.165, 1.54) is 24.3 Å². The summed E-state index contributed by atoms with van der Waals surface area (Å²) in [6.45, 7) is 1.94. The number of nitrogens with one attached hydrogen (secondary N) is 1. The number of amides is 1. The van der Waals surface area contributed by atoms with Gasteiger partial charge in [0.25, 0.3) is 0 Å². The second-order valence-electron chi connectivity index (χ2n) is 7.21. The van der Waals surface area contributed by atoms with Crippen molar-refractivity contribution in [2.75, 3.05) is 5.32 Å². The van der Waals surface area contributed by atoms with Crippen molar-refractivity contribution in [2.45, 2.75) is 12.1 Å². The normalized spacial score (nSPS) is 11.6. The highest BCUT2D eigenvalue weighted by atomic mass is 19.1. The Bertz CT molecular complexity index is 1250. The van der Waals surface area contributed by atoms with Crippen LogP contribution in [0.15, 0.2) is 60.9 Å². The summed E-state index contributed by atoms with van der Waals surface area (Å²) in [5.74, 6) is 0.133. The summed E-state index contributed by atoms with van der Waals surface area (Å²) in [7, 11) is 14.0. The molecule has 0 aliphatic heterocycles. The van der Waals surface area contributed by atoms with E-state index in [1.54, 1.807) is 12.3 Å². The lowest BCUT2D eigenvalue weighted by Gasteiger charge is -2.25. The minimum Gasteiger partial charge on any atom is -0.331 e. The number of halogens is 1. The highest BCUT2D eigenvalue weighted by Crippen LogP contribution is 2.26. The standard InChI is InChI=1S/C22H17B2FN4O/c1-13-26-12-19(29(13)2)14-3-4-15-11-27-20(10-16(15)9-14)28-21(30)22(23,24)17-5-7-18(25)8-6-17/h3-12H,1-2H3,(H,27,28,30). The molecule has 0 saturated carbocycles. The molecule has 2 heterocycles. The van der Waals surface area contributed by atoms with Gasteiger partial charge in [0.15, 0.2) is 0 Å². The zero-order valence-electron chi connectivity index (χ0n) is 16.6. The van der Waals surface area contributed by atoms with Gasteiger partial charge in [-0.3, -0.25) is 4.79 Å². The number of aryl methyl sites for hydroxylation is 1. The van der Waals surface area contributed by atoms with Crippen LogP contribution in [0.5, 0.6) is 0 Å². The van der Waals surface area contributed by atoms with Crippen LogP contribution in [0.25, 0.3) is 22.0 Å². The van der Waals surface area contributed by atoms with E-state index in [0.29, 0.717) is 5.82 Å². The molecule has 5 nitrogen and oxygen atoms in total. The average molecular weight is 394 g/mol. The smallest absolute Gasteiger partial charge is 0.218 e. The van der Waals surface area contributed by atoms with E-state index in [4.69, 9.17) is 15.7 Å². The quantitative estimate of drug-likeness (QED) is 0.541. The molecule has 0 atom stereocenters. The number of pyridine rings is 1. The van der Waals surface area contributed by atoms with E-state index in [2.05, 4.69) is 15.3 Å². The lowest BCUT2D eigenvalue weighted by atomic mass is 9.50. The number of anilines is 1. The van der Waals surface area contributed by atoms with Crippen molar-refractivity contribution in [1.29, 1.82) is 0 Å². The van der Waals surface area contributed by atoms with Crippen LogP contribution in [0.1, 0.15) is 11.4 Å². The van der Waals surface area contributed by atoms with Crippen molar-refractivity contribution in [3.63, 3.8) is 0 Å². The van der Waals surface area contributed by atoms with Crippen molar-refractivity contribution in [3.8, 4) is 11.3 Å². The minimum atomic E-state index is -1.83. The third-order valence-electron chi connectivity index (χ3n) is 5.18. The number of nitrogens with zero attached hydrogens (tertiary/aromatic N) is 3. The molecule has 0 unspecified atom stereocenters. The largest absolute Gasteiger partial charge is 0.331 e. The summed E-state index contributed by atoms with van der Waals surface area (Å²) in [6, 6.07) is 12.9. The first kappa shape index (κ1) is 19.9. The Kier molecular flexibility index (Phi) is 4.94. The molecule has 4 radical (unpaired) electrons. The molecule has 0 spiro atoms. The van der Waals surface area contributed by atoms with E-state index in [-0.39, 0.29) is 5.56 Å². The van der Waals surface area contributed by atoms with Gasteiger partial charge >= 0.3 is 0 Å². The predicted molar refractivity (Wildman–Crippen MR) is 117 cm³/mol. The van der Waals surface area contributed by atoms with Crippen molar-refractivity contribution >= 4 is 38.2 Å². The van der Waals surface area contributed by atoms with Gasteiger partial charge in [0.05, 0.1) is 27.6 Å². The van der Waals surface area contributed by atoms with Gasteiger partial charge in [-0.25, -0.2) is 14.4 Å². The average Bonchev–Trinajstić information content (AvgIpc) is 3.06. The second-order valence-corrected chi connectivity index (χ2v) is 7.21. The molecule has 0 fully saturated rings. The molecule has 8 heteroatoms. The molecule has 2 aromatic heterocycles. The van der Waals surface area contributed by atoms with E-state index >= 15 is 0 Å². The Hall–Kier alpha value is -3.41. The number of fused-ring (bicyclic) bond motifs is 1. The molecule has 30 heavy (non-hydrogen) atoms. The summed E-state index contributed by atoms with van der Waals surface area (Å²) in [4.78, 5) is 21.3. The number of carbonyl (C=O) groups excluding carboxylic acids is 1. The number of benzene rings is 2. The third-order valence-corrected chi connectivity index (χ3v) is 5.18. The summed E-state index contributed by atoms with van der Waals surface area (Å²) in [5.41, 5.74) is 2.26. The highest BCUT2D eigenvalue weighted by Gasteiger charge is 2.29. The predicted octanol–water partition coefficient (Wildman–Crippen LogP) is 3.21. The molecule has 1 N–H and O–H groups in total. The SMILES string of the molecule is [B]C([B])(C(=O)Nc1cc2cc(-c3cnc(C)n3C)ccc2cn1)c1ccc(F)cc1. The molecule has 0 aliphatic carbocycles. The zero-order chi connectivity index (χ0) is 21.5.